The number of amides is 2. The number of hydrogen-bond donors (Lipinski definition) is 1. The van der Waals surface area contributed by atoms with Crippen LogP contribution in [0.1, 0.15) is 36.7 Å². The van der Waals surface area contributed by atoms with Crippen LogP contribution in [0.25, 0.3) is 0 Å². The summed E-state index contributed by atoms with van der Waals surface area (Å²) in [5.41, 5.74) is 2.19. The van der Waals surface area contributed by atoms with Gasteiger partial charge in [0.25, 0.3) is 11.8 Å². The van der Waals surface area contributed by atoms with Crippen LogP contribution in [0.5, 0.6) is 5.75 Å². The van der Waals surface area contributed by atoms with Gasteiger partial charge in [0.1, 0.15) is 5.75 Å². The Kier molecular flexibility index (Phi) is 6.03. The van der Waals surface area contributed by atoms with Crippen molar-refractivity contribution in [3.8, 4) is 5.75 Å². The molecule has 2 aromatic rings. The molecule has 0 aromatic heterocycles. The van der Waals surface area contributed by atoms with Crippen molar-refractivity contribution in [1.29, 1.82) is 0 Å². The van der Waals surface area contributed by atoms with Crippen molar-refractivity contribution in [2.75, 3.05) is 26.0 Å². The summed E-state index contributed by atoms with van der Waals surface area (Å²) in [5.74, 6) is 0.147. The van der Waals surface area contributed by atoms with Gasteiger partial charge in [0.05, 0.1) is 11.3 Å². The lowest BCUT2D eigenvalue weighted by atomic mass is 9.87. The Bertz CT molecular complexity index is 775. The molecule has 0 aliphatic rings. The Morgan fingerprint density at radius 2 is 1.62 bits per heavy atom. The monoisotopic (exact) mass is 354 g/mol. The first-order chi connectivity index (χ1) is 12.2. The summed E-state index contributed by atoms with van der Waals surface area (Å²) in [6.07, 6.45) is 0. The van der Waals surface area contributed by atoms with Gasteiger partial charge < -0.3 is 15.0 Å². The Morgan fingerprint density at radius 1 is 1.00 bits per heavy atom. The van der Waals surface area contributed by atoms with Gasteiger partial charge in [-0.2, -0.15) is 0 Å². The lowest BCUT2D eigenvalue weighted by molar-refractivity contribution is -0.118. The van der Waals surface area contributed by atoms with Crippen molar-refractivity contribution in [3.63, 3.8) is 0 Å². The van der Waals surface area contributed by atoms with Gasteiger partial charge in [-0.05, 0) is 35.2 Å². The zero-order valence-electron chi connectivity index (χ0n) is 16.0. The summed E-state index contributed by atoms with van der Waals surface area (Å²) in [7, 11) is 3.34. The van der Waals surface area contributed by atoms with Crippen molar-refractivity contribution < 1.29 is 14.3 Å². The van der Waals surface area contributed by atoms with Crippen molar-refractivity contribution in [2.45, 2.75) is 26.2 Å². The van der Waals surface area contributed by atoms with Crippen molar-refractivity contribution in [1.82, 2.24) is 4.90 Å². The van der Waals surface area contributed by atoms with Gasteiger partial charge in [0.2, 0.25) is 0 Å². The van der Waals surface area contributed by atoms with Gasteiger partial charge in [-0.15, -0.1) is 0 Å². The maximum absolute atomic E-state index is 12.2. The molecular formula is C21H26N2O3. The van der Waals surface area contributed by atoms with E-state index in [1.165, 1.54) is 10.5 Å². The fourth-order valence-electron chi connectivity index (χ4n) is 2.41. The van der Waals surface area contributed by atoms with Crippen LogP contribution in [0.2, 0.25) is 0 Å². The Hall–Kier alpha value is -2.82. The number of para-hydroxylation sites is 1. The van der Waals surface area contributed by atoms with Crippen LogP contribution in [0, 0.1) is 0 Å². The zero-order valence-corrected chi connectivity index (χ0v) is 16.0. The molecule has 26 heavy (non-hydrogen) atoms. The minimum absolute atomic E-state index is 0.0680. The Morgan fingerprint density at radius 3 is 2.19 bits per heavy atom. The third-order valence-corrected chi connectivity index (χ3v) is 3.93. The van der Waals surface area contributed by atoms with Crippen LogP contribution in [-0.4, -0.2) is 37.4 Å². The van der Waals surface area contributed by atoms with Crippen LogP contribution >= 0.6 is 0 Å². The molecule has 0 atom stereocenters. The second-order valence-electron chi connectivity index (χ2n) is 7.36. The number of nitrogens with zero attached hydrogens (tertiary/aromatic N) is 1. The molecule has 0 aliphatic heterocycles. The van der Waals surface area contributed by atoms with Gasteiger partial charge in [-0.3, -0.25) is 9.59 Å². The van der Waals surface area contributed by atoms with E-state index in [2.05, 4.69) is 26.1 Å². The number of carbonyl (C=O) groups excluding carboxylic acids is 2. The molecule has 0 saturated carbocycles. The summed E-state index contributed by atoms with van der Waals surface area (Å²) >= 11 is 0. The highest BCUT2D eigenvalue weighted by molar-refractivity contribution is 6.03. The van der Waals surface area contributed by atoms with Crippen molar-refractivity contribution in [2.24, 2.45) is 0 Å². The molecule has 1 N–H and O–H groups in total. The molecule has 0 unspecified atom stereocenters. The smallest absolute Gasteiger partial charge is 0.262 e. The molecule has 2 aromatic carbocycles. The van der Waals surface area contributed by atoms with E-state index in [1.807, 2.05) is 24.3 Å². The molecular weight excluding hydrogens is 328 g/mol. The number of nitrogens with one attached hydrogen (secondary N) is 1. The number of benzene rings is 2. The molecule has 138 valence electrons. The molecule has 5 heteroatoms. The van der Waals surface area contributed by atoms with Gasteiger partial charge in [0.15, 0.2) is 6.61 Å². The third kappa shape index (κ3) is 5.09. The Balaban J connectivity index is 1.99. The second-order valence-corrected chi connectivity index (χ2v) is 7.36. The summed E-state index contributed by atoms with van der Waals surface area (Å²) < 4.78 is 5.55. The highest BCUT2D eigenvalue weighted by atomic mass is 16.5. The first-order valence-electron chi connectivity index (χ1n) is 8.52. The van der Waals surface area contributed by atoms with E-state index in [0.29, 0.717) is 17.0 Å². The van der Waals surface area contributed by atoms with Gasteiger partial charge in [-0.25, -0.2) is 0 Å². The topological polar surface area (TPSA) is 58.6 Å². The molecule has 0 heterocycles. The fourth-order valence-corrected chi connectivity index (χ4v) is 2.41. The molecule has 0 aliphatic carbocycles. The normalized spacial score (nSPS) is 11.0. The minimum atomic E-state index is -0.316. The van der Waals surface area contributed by atoms with Crippen LogP contribution in [0.3, 0.4) is 0 Å². The van der Waals surface area contributed by atoms with Gasteiger partial charge in [-0.1, -0.05) is 45.0 Å². The van der Waals surface area contributed by atoms with Crippen molar-refractivity contribution >= 4 is 17.5 Å². The fraction of sp³-hybridized carbons (Fsp3) is 0.333. The number of rotatable bonds is 5. The molecule has 0 radical (unpaired) electrons. The number of anilines is 1. The van der Waals surface area contributed by atoms with Crippen LogP contribution in [0.15, 0.2) is 48.5 Å². The predicted molar refractivity (Wildman–Crippen MR) is 104 cm³/mol. The Labute approximate surface area is 155 Å². The summed E-state index contributed by atoms with van der Waals surface area (Å²) in [4.78, 5) is 25.8. The van der Waals surface area contributed by atoms with Crippen molar-refractivity contribution in [3.05, 3.63) is 59.7 Å². The van der Waals surface area contributed by atoms with E-state index < -0.39 is 0 Å². The lowest BCUT2D eigenvalue weighted by Crippen LogP contribution is -2.25. The molecule has 0 spiro atoms. The van der Waals surface area contributed by atoms with Gasteiger partial charge >= 0.3 is 0 Å². The summed E-state index contributed by atoms with van der Waals surface area (Å²) in [6, 6.07) is 14.6. The van der Waals surface area contributed by atoms with E-state index in [4.69, 9.17) is 4.74 Å². The van der Waals surface area contributed by atoms with Crippen LogP contribution in [-0.2, 0) is 10.2 Å². The highest BCUT2D eigenvalue weighted by Gasteiger charge is 2.15. The molecule has 5 nitrogen and oxygen atoms in total. The minimum Gasteiger partial charge on any atom is -0.484 e. The highest BCUT2D eigenvalue weighted by Crippen LogP contribution is 2.24. The maximum atomic E-state index is 12.2. The van der Waals surface area contributed by atoms with E-state index in [-0.39, 0.29) is 23.8 Å². The third-order valence-electron chi connectivity index (χ3n) is 3.93. The molecule has 0 bridgehead atoms. The average molecular weight is 354 g/mol. The van der Waals surface area contributed by atoms with E-state index in [1.54, 1.807) is 38.4 Å². The quantitative estimate of drug-likeness (QED) is 0.891. The van der Waals surface area contributed by atoms with Crippen LogP contribution in [0.4, 0.5) is 5.69 Å². The van der Waals surface area contributed by atoms with E-state index in [9.17, 15) is 9.59 Å². The number of ether oxygens (including phenoxy) is 1. The SMILES string of the molecule is CN(C)C(=O)c1ccccc1NC(=O)COc1ccc(C(C)(C)C)cc1. The largest absolute Gasteiger partial charge is 0.484 e. The first-order valence-corrected chi connectivity index (χ1v) is 8.52. The number of hydrogen-bond acceptors (Lipinski definition) is 3. The second kappa shape index (κ2) is 8.04. The zero-order chi connectivity index (χ0) is 19.3. The average Bonchev–Trinajstić information content (AvgIpc) is 2.59. The number of carbonyl (C=O) groups is 2. The van der Waals surface area contributed by atoms with E-state index >= 15 is 0 Å². The first kappa shape index (κ1) is 19.5. The molecule has 0 saturated heterocycles. The standard InChI is InChI=1S/C21H26N2O3/c1-21(2,3)15-10-12-16(13-11-15)26-14-19(24)22-18-9-7-6-8-17(18)20(25)23(4)5/h6-13H,14H2,1-5H3,(H,22,24). The molecule has 2 amide bonds. The van der Waals surface area contributed by atoms with E-state index in [0.717, 1.165) is 0 Å². The summed E-state index contributed by atoms with van der Waals surface area (Å²) in [6.45, 7) is 6.30. The predicted octanol–water partition coefficient (Wildman–Crippen LogP) is 3.70. The summed E-state index contributed by atoms with van der Waals surface area (Å²) in [5, 5.41) is 2.74. The molecule has 2 rings (SSSR count). The lowest BCUT2D eigenvalue weighted by Gasteiger charge is -2.19. The maximum Gasteiger partial charge on any atom is 0.262 e. The van der Waals surface area contributed by atoms with Crippen LogP contribution < -0.4 is 10.1 Å². The van der Waals surface area contributed by atoms with Gasteiger partial charge in [0, 0.05) is 14.1 Å². The molecule has 0 fully saturated rings.